The van der Waals surface area contributed by atoms with Gasteiger partial charge >= 0.3 is 0 Å². The van der Waals surface area contributed by atoms with E-state index in [1.54, 1.807) is 7.11 Å². The minimum absolute atomic E-state index is 0.406. The fraction of sp³-hybridized carbons (Fsp3) is 0.294. The van der Waals surface area contributed by atoms with Crippen LogP contribution >= 0.6 is 0 Å². The molecule has 0 fully saturated rings. The van der Waals surface area contributed by atoms with E-state index in [0.29, 0.717) is 6.04 Å². The Morgan fingerprint density at radius 3 is 2.26 bits per heavy atom. The molecule has 0 bridgehead atoms. The largest absolute Gasteiger partial charge is 0.497 e. The van der Waals surface area contributed by atoms with Crippen LogP contribution in [0.1, 0.15) is 30.5 Å². The molecule has 1 atom stereocenters. The lowest BCUT2D eigenvalue weighted by atomic mass is 10.0. The molecule has 0 aliphatic heterocycles. The Morgan fingerprint density at radius 2 is 1.68 bits per heavy atom. The van der Waals surface area contributed by atoms with Crippen molar-refractivity contribution in [3.63, 3.8) is 0 Å². The van der Waals surface area contributed by atoms with Crippen LogP contribution in [0.5, 0.6) is 5.75 Å². The Bertz CT molecular complexity index is 478. The maximum atomic E-state index is 5.16. The molecule has 19 heavy (non-hydrogen) atoms. The predicted molar refractivity (Wildman–Crippen MR) is 79.3 cm³/mol. The van der Waals surface area contributed by atoms with Gasteiger partial charge in [0.1, 0.15) is 5.75 Å². The number of ether oxygens (including phenoxy) is 1. The van der Waals surface area contributed by atoms with Gasteiger partial charge in [0.2, 0.25) is 0 Å². The zero-order valence-electron chi connectivity index (χ0n) is 11.6. The van der Waals surface area contributed by atoms with Crippen molar-refractivity contribution in [1.29, 1.82) is 0 Å². The Morgan fingerprint density at radius 1 is 1.00 bits per heavy atom. The summed E-state index contributed by atoms with van der Waals surface area (Å²) in [6.45, 7) is 3.08. The normalized spacial score (nSPS) is 12.1. The van der Waals surface area contributed by atoms with Crippen molar-refractivity contribution in [1.82, 2.24) is 5.32 Å². The first-order valence-corrected chi connectivity index (χ1v) is 6.74. The maximum Gasteiger partial charge on any atom is 0.118 e. The number of rotatable bonds is 6. The van der Waals surface area contributed by atoms with Gasteiger partial charge in [-0.2, -0.15) is 0 Å². The molecule has 0 aliphatic carbocycles. The first kappa shape index (κ1) is 13.6. The molecule has 0 aliphatic rings. The lowest BCUT2D eigenvalue weighted by molar-refractivity contribution is 0.414. The average molecular weight is 255 g/mol. The highest BCUT2D eigenvalue weighted by Crippen LogP contribution is 2.17. The summed E-state index contributed by atoms with van der Waals surface area (Å²) in [5.74, 6) is 0.902. The topological polar surface area (TPSA) is 21.3 Å². The highest BCUT2D eigenvalue weighted by molar-refractivity contribution is 5.27. The molecule has 100 valence electrons. The van der Waals surface area contributed by atoms with Crippen LogP contribution in [-0.4, -0.2) is 7.11 Å². The second-order valence-electron chi connectivity index (χ2n) is 4.60. The quantitative estimate of drug-likeness (QED) is 0.844. The highest BCUT2D eigenvalue weighted by atomic mass is 16.5. The first-order chi connectivity index (χ1) is 9.33. The van der Waals surface area contributed by atoms with E-state index < -0.39 is 0 Å². The molecule has 2 heteroatoms. The monoisotopic (exact) mass is 255 g/mol. The molecule has 0 radical (unpaired) electrons. The molecular formula is C17H21NO. The molecule has 0 saturated carbocycles. The summed E-state index contributed by atoms with van der Waals surface area (Å²) in [6, 6.07) is 19.2. The molecule has 2 aromatic carbocycles. The van der Waals surface area contributed by atoms with Gasteiger partial charge in [-0.05, 0) is 29.7 Å². The summed E-state index contributed by atoms with van der Waals surface area (Å²) in [5.41, 5.74) is 2.62. The summed E-state index contributed by atoms with van der Waals surface area (Å²) in [4.78, 5) is 0. The smallest absolute Gasteiger partial charge is 0.118 e. The van der Waals surface area contributed by atoms with Crippen LogP contribution in [0.2, 0.25) is 0 Å². The van der Waals surface area contributed by atoms with Gasteiger partial charge in [-0.15, -0.1) is 0 Å². The van der Waals surface area contributed by atoms with E-state index in [9.17, 15) is 0 Å². The second kappa shape index (κ2) is 6.95. The van der Waals surface area contributed by atoms with Gasteiger partial charge in [0, 0.05) is 12.6 Å². The van der Waals surface area contributed by atoms with Gasteiger partial charge in [-0.25, -0.2) is 0 Å². The third-order valence-electron chi connectivity index (χ3n) is 3.32. The highest BCUT2D eigenvalue weighted by Gasteiger charge is 2.07. The fourth-order valence-electron chi connectivity index (χ4n) is 2.17. The molecule has 0 heterocycles. The number of hydrogen-bond acceptors (Lipinski definition) is 2. The van der Waals surface area contributed by atoms with Crippen LogP contribution < -0.4 is 10.1 Å². The third-order valence-corrected chi connectivity index (χ3v) is 3.32. The van der Waals surface area contributed by atoms with E-state index in [4.69, 9.17) is 4.74 Å². The van der Waals surface area contributed by atoms with Gasteiger partial charge in [-0.1, -0.05) is 49.4 Å². The second-order valence-corrected chi connectivity index (χ2v) is 4.60. The molecule has 2 aromatic rings. The van der Waals surface area contributed by atoms with Crippen LogP contribution in [-0.2, 0) is 6.54 Å². The Balaban J connectivity index is 1.96. The SMILES string of the molecule is CCC(NCc1ccc(OC)cc1)c1ccccc1. The van der Waals surface area contributed by atoms with E-state index in [1.165, 1.54) is 11.1 Å². The number of methoxy groups -OCH3 is 1. The van der Waals surface area contributed by atoms with Crippen molar-refractivity contribution in [2.24, 2.45) is 0 Å². The van der Waals surface area contributed by atoms with Crippen LogP contribution in [0.3, 0.4) is 0 Å². The van der Waals surface area contributed by atoms with Crippen LogP contribution in [0.4, 0.5) is 0 Å². The van der Waals surface area contributed by atoms with E-state index in [1.807, 2.05) is 12.1 Å². The van der Waals surface area contributed by atoms with Crippen molar-refractivity contribution in [3.05, 3.63) is 65.7 Å². The van der Waals surface area contributed by atoms with E-state index in [-0.39, 0.29) is 0 Å². The van der Waals surface area contributed by atoms with Crippen molar-refractivity contribution < 1.29 is 4.74 Å². The van der Waals surface area contributed by atoms with Crippen LogP contribution in [0, 0.1) is 0 Å². The van der Waals surface area contributed by atoms with Crippen LogP contribution in [0.15, 0.2) is 54.6 Å². The maximum absolute atomic E-state index is 5.16. The molecule has 0 amide bonds. The Labute approximate surface area is 115 Å². The minimum atomic E-state index is 0.406. The van der Waals surface area contributed by atoms with Crippen molar-refractivity contribution in [3.8, 4) is 5.75 Å². The fourth-order valence-corrected chi connectivity index (χ4v) is 2.17. The zero-order valence-corrected chi connectivity index (χ0v) is 11.6. The number of benzene rings is 2. The Hall–Kier alpha value is -1.80. The molecule has 0 saturated heterocycles. The number of hydrogen-bond donors (Lipinski definition) is 1. The standard InChI is InChI=1S/C17H21NO/c1-3-17(15-7-5-4-6-8-15)18-13-14-9-11-16(19-2)12-10-14/h4-12,17-18H,3,13H2,1-2H3. The molecule has 2 rings (SSSR count). The van der Waals surface area contributed by atoms with Gasteiger partial charge in [0.05, 0.1) is 7.11 Å². The van der Waals surface area contributed by atoms with Crippen molar-refractivity contribution in [2.75, 3.05) is 7.11 Å². The van der Waals surface area contributed by atoms with Gasteiger partial charge < -0.3 is 10.1 Å². The third kappa shape index (κ3) is 3.83. The summed E-state index contributed by atoms with van der Waals surface area (Å²) in [6.07, 6.45) is 1.08. The van der Waals surface area contributed by atoms with Gasteiger partial charge in [0.25, 0.3) is 0 Å². The van der Waals surface area contributed by atoms with Crippen molar-refractivity contribution in [2.45, 2.75) is 25.9 Å². The van der Waals surface area contributed by atoms with Crippen molar-refractivity contribution >= 4 is 0 Å². The van der Waals surface area contributed by atoms with Gasteiger partial charge in [0.15, 0.2) is 0 Å². The van der Waals surface area contributed by atoms with E-state index in [0.717, 1.165) is 18.7 Å². The molecule has 0 spiro atoms. The predicted octanol–water partition coefficient (Wildman–Crippen LogP) is 3.94. The molecular weight excluding hydrogens is 234 g/mol. The van der Waals surface area contributed by atoms with Crippen LogP contribution in [0.25, 0.3) is 0 Å². The summed E-state index contributed by atoms with van der Waals surface area (Å²) in [7, 11) is 1.69. The molecule has 1 unspecified atom stereocenters. The summed E-state index contributed by atoms with van der Waals surface area (Å²) >= 11 is 0. The lowest BCUT2D eigenvalue weighted by Gasteiger charge is -2.17. The summed E-state index contributed by atoms with van der Waals surface area (Å²) < 4.78 is 5.16. The minimum Gasteiger partial charge on any atom is -0.497 e. The lowest BCUT2D eigenvalue weighted by Crippen LogP contribution is -2.20. The van der Waals surface area contributed by atoms with E-state index in [2.05, 4.69) is 54.7 Å². The van der Waals surface area contributed by atoms with Gasteiger partial charge in [-0.3, -0.25) is 0 Å². The number of nitrogens with one attached hydrogen (secondary N) is 1. The molecule has 1 N–H and O–H groups in total. The molecule has 2 nitrogen and oxygen atoms in total. The zero-order chi connectivity index (χ0) is 13.5. The average Bonchev–Trinajstić information content (AvgIpc) is 2.49. The molecule has 0 aromatic heterocycles. The van der Waals surface area contributed by atoms with E-state index >= 15 is 0 Å². The Kier molecular flexibility index (Phi) is 4.99. The first-order valence-electron chi connectivity index (χ1n) is 6.74. The summed E-state index contributed by atoms with van der Waals surface area (Å²) in [5, 5.41) is 3.60.